The third-order valence-electron chi connectivity index (χ3n) is 11.2. The molecule has 3 N–H and O–H groups in total. The molecule has 2 bridgehead atoms. The summed E-state index contributed by atoms with van der Waals surface area (Å²) >= 11 is 0. The highest BCUT2D eigenvalue weighted by Gasteiger charge is 2.69. The molecule has 4 aliphatic heterocycles. The topological polar surface area (TPSA) is 164 Å². The fourth-order valence-electron chi connectivity index (χ4n) is 8.51. The first-order valence-corrected chi connectivity index (χ1v) is 18.0. The van der Waals surface area contributed by atoms with Crippen molar-refractivity contribution >= 4 is 34.7 Å². The van der Waals surface area contributed by atoms with Crippen LogP contribution in [-0.2, 0) is 54.3 Å². The smallest absolute Gasteiger partial charge is 0.328 e. The lowest BCUT2D eigenvalue weighted by Crippen LogP contribution is -2.70. The molecule has 5 heterocycles. The van der Waals surface area contributed by atoms with Gasteiger partial charge in [0.05, 0.1) is 13.5 Å². The number of hydrogen-bond acceptors (Lipinski definition) is 10. The van der Waals surface area contributed by atoms with Crippen molar-refractivity contribution in [2.75, 3.05) is 7.11 Å². The van der Waals surface area contributed by atoms with Gasteiger partial charge in [-0.25, -0.2) is 14.6 Å². The van der Waals surface area contributed by atoms with Crippen molar-refractivity contribution in [2.24, 2.45) is 29.6 Å². The van der Waals surface area contributed by atoms with Crippen LogP contribution >= 0.6 is 0 Å². The lowest BCUT2D eigenvalue weighted by atomic mass is 9.58. The lowest BCUT2D eigenvalue weighted by Gasteiger charge is -2.59. The van der Waals surface area contributed by atoms with Crippen molar-refractivity contribution in [3.63, 3.8) is 0 Å². The number of para-hydroxylation sites is 1. The second-order valence-electron chi connectivity index (χ2n) is 15.2. The quantitative estimate of drug-likeness (QED) is 0.214. The van der Waals surface area contributed by atoms with Crippen LogP contribution in [0.1, 0.15) is 85.1 Å². The van der Waals surface area contributed by atoms with E-state index in [1.807, 2.05) is 52.0 Å². The Bertz CT molecular complexity index is 1580. The van der Waals surface area contributed by atoms with Crippen molar-refractivity contribution in [2.45, 2.75) is 122 Å². The predicted molar refractivity (Wildman–Crippen MR) is 179 cm³/mol. The Morgan fingerprint density at radius 1 is 1.00 bits per heavy atom. The summed E-state index contributed by atoms with van der Waals surface area (Å²) in [6.07, 6.45) is 3.74. The molecule has 0 radical (unpaired) electrons. The maximum atomic E-state index is 13.5. The number of benzene rings is 1. The number of methoxy groups -OCH3 is 1. The van der Waals surface area contributed by atoms with E-state index in [1.165, 1.54) is 7.11 Å². The molecule has 1 spiro atoms. The van der Waals surface area contributed by atoms with Crippen LogP contribution in [-0.4, -0.2) is 71.9 Å². The number of amides is 2. The Balaban J connectivity index is 1.05. The van der Waals surface area contributed by atoms with E-state index in [-0.39, 0.29) is 42.9 Å². The molecule has 274 valence electrons. The van der Waals surface area contributed by atoms with Crippen LogP contribution in [0, 0.1) is 29.6 Å². The normalized spacial score (nSPS) is 32.8. The zero-order valence-corrected chi connectivity index (χ0v) is 29.8. The van der Waals surface area contributed by atoms with Gasteiger partial charge in [0.25, 0.3) is 0 Å². The van der Waals surface area contributed by atoms with Crippen molar-refractivity contribution < 1.29 is 47.9 Å². The summed E-state index contributed by atoms with van der Waals surface area (Å²) in [6, 6.07) is 5.77. The van der Waals surface area contributed by atoms with Crippen LogP contribution in [0.4, 0.5) is 0 Å². The zero-order chi connectivity index (χ0) is 35.8. The maximum absolute atomic E-state index is 13.5. The van der Waals surface area contributed by atoms with Crippen molar-refractivity contribution in [3.8, 4) is 0 Å². The molecule has 13 nitrogen and oxygen atoms in total. The summed E-state index contributed by atoms with van der Waals surface area (Å²) in [6.45, 7) is 9.92. The van der Waals surface area contributed by atoms with Crippen molar-refractivity contribution in [1.82, 2.24) is 15.6 Å². The van der Waals surface area contributed by atoms with Crippen LogP contribution in [0.3, 0.4) is 0 Å². The second kappa shape index (κ2) is 14.6. The molecule has 5 aliphatic rings. The molecule has 2 aromatic rings. The highest BCUT2D eigenvalue weighted by atomic mass is 17.3. The van der Waals surface area contributed by atoms with Gasteiger partial charge < -0.3 is 34.6 Å². The average Bonchev–Trinajstić information content (AvgIpc) is 3.35. The third kappa shape index (κ3) is 7.15. The molecule has 10 atom stereocenters. The molecule has 1 aromatic carbocycles. The molecule has 4 saturated heterocycles. The minimum atomic E-state index is -0.972. The molecule has 1 aliphatic carbocycles. The number of carbonyl (C=O) groups is 4. The van der Waals surface area contributed by atoms with Gasteiger partial charge in [-0.2, -0.15) is 0 Å². The second-order valence-corrected chi connectivity index (χ2v) is 15.2. The van der Waals surface area contributed by atoms with Crippen LogP contribution < -0.4 is 10.6 Å². The zero-order valence-electron chi connectivity index (χ0n) is 29.8. The van der Waals surface area contributed by atoms with Crippen molar-refractivity contribution in [3.05, 3.63) is 36.0 Å². The summed E-state index contributed by atoms with van der Waals surface area (Å²) in [7, 11) is 1.27. The number of ether oxygens (including phenoxy) is 4. The Morgan fingerprint density at radius 2 is 1.78 bits per heavy atom. The number of nitrogens with one attached hydrogen (secondary N) is 3. The van der Waals surface area contributed by atoms with Gasteiger partial charge in [0.15, 0.2) is 11.9 Å². The Labute approximate surface area is 292 Å². The standard InChI is InChI=1S/C37H51N3O10/c1-20(2)17-28(32(43)40-29(33(44)45-6)18-23-19-38-27-10-8-7-9-24(23)27)39-30(41)13-14-31(42)46-34-22(4)26-12-11-21(3)25-15-16-36(5)48-35(47-34)37(25,26)50-49-36/h7-10,19-22,25-26,28-29,34-35,38H,11-18H2,1-6H3,(H,39,41)(H,40,43)/t21-,22-,25+,26+,28+,29+,34-,35+,36+,37-/m1/s1. The largest absolute Gasteiger partial charge is 0.467 e. The number of hydrogen-bond donors (Lipinski definition) is 3. The molecule has 1 saturated carbocycles. The van der Waals surface area contributed by atoms with E-state index in [2.05, 4.69) is 22.5 Å². The highest BCUT2D eigenvalue weighted by Crippen LogP contribution is 2.60. The summed E-state index contributed by atoms with van der Waals surface area (Å²) in [5.74, 6) is -2.70. The maximum Gasteiger partial charge on any atom is 0.328 e. The summed E-state index contributed by atoms with van der Waals surface area (Å²) in [5, 5.41) is 6.49. The SMILES string of the molecule is COC(=O)[C@H](Cc1c[nH]c2ccccc12)NC(=O)[C@H](CC(C)C)NC(=O)CCC(=O)O[C@@H]1O[C@H]2O[C@]3(C)CC[C@H]4[C@H](C)CC[C@@H]([C@H]1C)[C@@]24OO3. The fraction of sp³-hybridized carbons (Fsp3) is 0.676. The van der Waals surface area contributed by atoms with Gasteiger partial charge in [0.1, 0.15) is 12.1 Å². The number of aromatic nitrogens is 1. The van der Waals surface area contributed by atoms with Gasteiger partial charge in [-0.3, -0.25) is 14.4 Å². The first kappa shape index (κ1) is 36.3. The van der Waals surface area contributed by atoms with Crippen LogP contribution in [0.25, 0.3) is 10.9 Å². The van der Waals surface area contributed by atoms with E-state index in [0.717, 1.165) is 35.7 Å². The van der Waals surface area contributed by atoms with E-state index >= 15 is 0 Å². The van der Waals surface area contributed by atoms with Gasteiger partial charge in [0.2, 0.25) is 23.9 Å². The average molecular weight is 698 g/mol. The van der Waals surface area contributed by atoms with E-state index in [0.29, 0.717) is 18.8 Å². The van der Waals surface area contributed by atoms with Gasteiger partial charge in [0, 0.05) is 48.2 Å². The first-order chi connectivity index (χ1) is 23.8. The molecular formula is C37H51N3O10. The van der Waals surface area contributed by atoms with Crippen LogP contribution in [0.5, 0.6) is 0 Å². The number of rotatable bonds is 12. The number of fused-ring (bicyclic) bond motifs is 3. The summed E-state index contributed by atoms with van der Waals surface area (Å²) in [5.41, 5.74) is 0.982. The third-order valence-corrected chi connectivity index (χ3v) is 11.2. The number of H-pyrrole nitrogens is 1. The van der Waals surface area contributed by atoms with Gasteiger partial charge in [-0.15, -0.1) is 0 Å². The number of aromatic amines is 1. The minimum absolute atomic E-state index is 0.00807. The monoisotopic (exact) mass is 697 g/mol. The van der Waals surface area contributed by atoms with Gasteiger partial charge in [-0.05, 0) is 62.0 Å². The molecule has 50 heavy (non-hydrogen) atoms. The molecule has 0 unspecified atom stereocenters. The van der Waals surface area contributed by atoms with E-state index in [9.17, 15) is 19.2 Å². The molecule has 1 aromatic heterocycles. The van der Waals surface area contributed by atoms with E-state index in [1.54, 1.807) is 6.20 Å². The summed E-state index contributed by atoms with van der Waals surface area (Å²) < 4.78 is 23.5. The van der Waals surface area contributed by atoms with Gasteiger partial charge >= 0.3 is 11.9 Å². The Kier molecular flexibility index (Phi) is 10.6. The molecule has 7 rings (SSSR count). The fourth-order valence-corrected chi connectivity index (χ4v) is 8.51. The van der Waals surface area contributed by atoms with Crippen LogP contribution in [0.2, 0.25) is 0 Å². The molecule has 5 fully saturated rings. The highest BCUT2D eigenvalue weighted by molar-refractivity contribution is 5.92. The predicted octanol–water partition coefficient (Wildman–Crippen LogP) is 4.43. The lowest BCUT2D eigenvalue weighted by molar-refractivity contribution is -0.576. The Morgan fingerprint density at radius 3 is 2.54 bits per heavy atom. The number of esters is 2. The van der Waals surface area contributed by atoms with E-state index < -0.39 is 59.8 Å². The number of carbonyl (C=O) groups excluding carboxylic acids is 4. The first-order valence-electron chi connectivity index (χ1n) is 18.0. The Hall–Kier alpha value is -3.52. The van der Waals surface area contributed by atoms with Crippen LogP contribution in [0.15, 0.2) is 30.5 Å². The van der Waals surface area contributed by atoms with E-state index in [4.69, 9.17) is 28.7 Å². The molecule has 2 amide bonds. The molecule has 13 heteroatoms. The van der Waals surface area contributed by atoms with Gasteiger partial charge in [-0.1, -0.05) is 45.9 Å². The molecular weight excluding hydrogens is 646 g/mol. The minimum Gasteiger partial charge on any atom is -0.467 e. The summed E-state index contributed by atoms with van der Waals surface area (Å²) in [4.78, 5) is 67.7. The van der Waals surface area contributed by atoms with Crippen molar-refractivity contribution in [1.29, 1.82) is 0 Å².